The van der Waals surface area contributed by atoms with Crippen LogP contribution in [0.5, 0.6) is 0 Å². The highest BCUT2D eigenvalue weighted by Gasteiger charge is 2.45. The molecule has 0 unspecified atom stereocenters. The van der Waals surface area contributed by atoms with Gasteiger partial charge in [-0.2, -0.15) is 0 Å². The molecule has 1 saturated carbocycles. The van der Waals surface area contributed by atoms with E-state index in [2.05, 4.69) is 5.32 Å². The number of carbonyl (C=O) groups is 1. The number of benzene rings is 1. The van der Waals surface area contributed by atoms with Crippen LogP contribution in [0.1, 0.15) is 24.8 Å². The first-order valence-electron chi connectivity index (χ1n) is 7.81. The normalized spacial score (nSPS) is 26.9. The third-order valence-electron chi connectivity index (χ3n) is 5.04. The fraction of sp³-hybridized carbons (Fsp3) is 0.588. The van der Waals surface area contributed by atoms with Crippen LogP contribution in [0.15, 0.2) is 24.3 Å². The van der Waals surface area contributed by atoms with E-state index < -0.39 is 0 Å². The Bertz CT molecular complexity index is 559. The Labute approximate surface area is 130 Å². The summed E-state index contributed by atoms with van der Waals surface area (Å²) in [5.74, 6) is -0.168. The van der Waals surface area contributed by atoms with Gasteiger partial charge in [0.1, 0.15) is 5.82 Å². The molecule has 2 atom stereocenters. The van der Waals surface area contributed by atoms with E-state index in [1.165, 1.54) is 6.07 Å². The molecule has 1 aromatic carbocycles. The lowest BCUT2D eigenvalue weighted by molar-refractivity contribution is -0.125. The van der Waals surface area contributed by atoms with Gasteiger partial charge in [-0.1, -0.05) is 12.1 Å². The number of hydrogen-bond donors (Lipinski definition) is 1. The number of halogens is 1. The quantitative estimate of drug-likeness (QED) is 0.900. The maximum atomic E-state index is 13.4. The van der Waals surface area contributed by atoms with Gasteiger partial charge in [-0.05, 0) is 44.0 Å². The second-order valence-electron chi connectivity index (χ2n) is 6.56. The van der Waals surface area contributed by atoms with Crippen molar-refractivity contribution in [1.29, 1.82) is 0 Å². The first kappa shape index (κ1) is 15.4. The number of carbonyl (C=O) groups excluding carboxylic acids is 1. The zero-order chi connectivity index (χ0) is 15.7. The number of amides is 1. The summed E-state index contributed by atoms with van der Waals surface area (Å²) in [6, 6.07) is 6.59. The number of nitrogens with one attached hydrogen (secondary N) is 1. The molecule has 1 saturated heterocycles. The lowest BCUT2D eigenvalue weighted by atomic mass is 9.95. The Balaban J connectivity index is 1.59. The monoisotopic (exact) mass is 306 g/mol. The van der Waals surface area contributed by atoms with E-state index in [1.807, 2.05) is 18.0 Å². The molecule has 1 N–H and O–H groups in total. The van der Waals surface area contributed by atoms with E-state index in [1.54, 1.807) is 19.2 Å². The largest absolute Gasteiger partial charge is 0.380 e. The minimum atomic E-state index is -0.214. The van der Waals surface area contributed by atoms with E-state index in [4.69, 9.17) is 4.74 Å². The maximum absolute atomic E-state index is 13.4. The van der Waals surface area contributed by atoms with E-state index in [-0.39, 0.29) is 29.3 Å². The first-order valence-corrected chi connectivity index (χ1v) is 7.81. The Morgan fingerprint density at radius 1 is 1.50 bits per heavy atom. The van der Waals surface area contributed by atoms with Gasteiger partial charge in [0, 0.05) is 25.6 Å². The second-order valence-corrected chi connectivity index (χ2v) is 6.56. The van der Waals surface area contributed by atoms with Gasteiger partial charge in [-0.25, -0.2) is 4.39 Å². The third-order valence-corrected chi connectivity index (χ3v) is 5.04. The maximum Gasteiger partial charge on any atom is 0.237 e. The highest BCUT2D eigenvalue weighted by Crippen LogP contribution is 2.47. The summed E-state index contributed by atoms with van der Waals surface area (Å²) in [7, 11) is 3.63. The second kappa shape index (κ2) is 5.97. The van der Waals surface area contributed by atoms with Gasteiger partial charge < -0.3 is 10.1 Å². The molecule has 1 aromatic rings. The van der Waals surface area contributed by atoms with Crippen molar-refractivity contribution in [2.45, 2.75) is 36.8 Å². The average molecular weight is 306 g/mol. The zero-order valence-electron chi connectivity index (χ0n) is 13.1. The molecule has 4 nitrogen and oxygen atoms in total. The van der Waals surface area contributed by atoms with Crippen molar-refractivity contribution in [1.82, 2.24) is 10.2 Å². The predicted octanol–water partition coefficient (Wildman–Crippen LogP) is 1.69. The number of likely N-dealkylation sites (N-methyl/N-ethyl adjacent to an activating group) is 1. The topological polar surface area (TPSA) is 41.6 Å². The predicted molar refractivity (Wildman–Crippen MR) is 82.2 cm³/mol. The number of rotatable bonds is 5. The van der Waals surface area contributed by atoms with Crippen molar-refractivity contribution in [2.24, 2.45) is 0 Å². The van der Waals surface area contributed by atoms with Gasteiger partial charge in [0.2, 0.25) is 5.91 Å². The molecule has 120 valence electrons. The van der Waals surface area contributed by atoms with Crippen molar-refractivity contribution < 1.29 is 13.9 Å². The molecule has 0 radical (unpaired) electrons. The number of likely N-dealkylation sites (tertiary alicyclic amines) is 1. The van der Waals surface area contributed by atoms with Crippen molar-refractivity contribution >= 4 is 5.91 Å². The summed E-state index contributed by atoms with van der Waals surface area (Å²) in [6.45, 7) is 1.36. The molecule has 1 amide bonds. The molecule has 2 fully saturated rings. The lowest BCUT2D eigenvalue weighted by Gasteiger charge is -2.21. The van der Waals surface area contributed by atoms with Crippen molar-refractivity contribution in [2.75, 3.05) is 27.2 Å². The van der Waals surface area contributed by atoms with Crippen LogP contribution in [0.2, 0.25) is 0 Å². The van der Waals surface area contributed by atoms with Gasteiger partial charge in [-0.15, -0.1) is 0 Å². The third kappa shape index (κ3) is 3.01. The number of methoxy groups -OCH3 is 1. The molecule has 1 aliphatic carbocycles. The highest BCUT2D eigenvalue weighted by atomic mass is 19.1. The van der Waals surface area contributed by atoms with E-state index in [9.17, 15) is 9.18 Å². The lowest BCUT2D eigenvalue weighted by Crippen LogP contribution is -2.44. The molecular formula is C17H23FN2O2. The number of hydrogen-bond acceptors (Lipinski definition) is 3. The molecule has 3 rings (SSSR count). The van der Waals surface area contributed by atoms with Crippen LogP contribution >= 0.6 is 0 Å². The minimum absolute atomic E-state index is 0.0460. The van der Waals surface area contributed by atoms with Crippen molar-refractivity contribution in [3.8, 4) is 0 Å². The summed E-state index contributed by atoms with van der Waals surface area (Å²) >= 11 is 0. The number of ether oxygens (including phenoxy) is 1. The van der Waals surface area contributed by atoms with Crippen molar-refractivity contribution in [3.63, 3.8) is 0 Å². The smallest absolute Gasteiger partial charge is 0.237 e. The Kier molecular flexibility index (Phi) is 4.19. The van der Waals surface area contributed by atoms with Gasteiger partial charge in [0.15, 0.2) is 0 Å². The molecule has 0 bridgehead atoms. The molecular weight excluding hydrogens is 283 g/mol. The van der Waals surface area contributed by atoms with Crippen LogP contribution in [-0.2, 0) is 14.9 Å². The Morgan fingerprint density at radius 2 is 2.27 bits per heavy atom. The number of nitrogens with zero attached hydrogens (tertiary/aromatic N) is 1. The fourth-order valence-corrected chi connectivity index (χ4v) is 3.34. The standard InChI is InChI=1S/C17H23FN2O2/c1-20-10-14(22-2)9-15(20)16(21)19-11-17(6-7-17)12-4-3-5-13(18)8-12/h3-5,8,14-15H,6-7,9-11H2,1-2H3,(H,19,21)/t14-,15-/m0/s1. The van der Waals surface area contributed by atoms with Crippen molar-refractivity contribution in [3.05, 3.63) is 35.6 Å². The van der Waals surface area contributed by atoms with E-state index >= 15 is 0 Å². The SMILES string of the molecule is CO[C@H]1C[C@@H](C(=O)NCC2(c3cccc(F)c3)CC2)N(C)C1. The minimum Gasteiger partial charge on any atom is -0.380 e. The van der Waals surface area contributed by atoms with Crippen LogP contribution in [0.4, 0.5) is 4.39 Å². The van der Waals surface area contributed by atoms with Gasteiger partial charge in [0.05, 0.1) is 12.1 Å². The molecule has 1 heterocycles. The highest BCUT2D eigenvalue weighted by molar-refractivity contribution is 5.82. The summed E-state index contributed by atoms with van der Waals surface area (Å²) in [6.07, 6.45) is 2.85. The molecule has 1 aliphatic heterocycles. The summed E-state index contributed by atoms with van der Waals surface area (Å²) < 4.78 is 18.7. The van der Waals surface area contributed by atoms with Crippen LogP contribution in [0.25, 0.3) is 0 Å². The molecule has 0 spiro atoms. The van der Waals surface area contributed by atoms with Crippen LogP contribution in [-0.4, -0.2) is 50.2 Å². The van der Waals surface area contributed by atoms with E-state index in [0.717, 1.165) is 31.4 Å². The fourth-order valence-electron chi connectivity index (χ4n) is 3.34. The van der Waals surface area contributed by atoms with Crippen LogP contribution in [0, 0.1) is 5.82 Å². The Morgan fingerprint density at radius 3 is 2.86 bits per heavy atom. The van der Waals surface area contributed by atoms with Crippen LogP contribution in [0.3, 0.4) is 0 Å². The zero-order valence-corrected chi connectivity index (χ0v) is 13.1. The van der Waals surface area contributed by atoms with Gasteiger partial charge in [0.25, 0.3) is 0 Å². The Hall–Kier alpha value is -1.46. The summed E-state index contributed by atoms with van der Waals surface area (Å²) in [4.78, 5) is 14.4. The van der Waals surface area contributed by atoms with Gasteiger partial charge in [-0.3, -0.25) is 9.69 Å². The molecule has 22 heavy (non-hydrogen) atoms. The molecule has 5 heteroatoms. The van der Waals surface area contributed by atoms with Gasteiger partial charge >= 0.3 is 0 Å². The summed E-state index contributed by atoms with van der Waals surface area (Å²) in [5, 5.41) is 3.06. The molecule has 0 aromatic heterocycles. The molecule has 2 aliphatic rings. The first-order chi connectivity index (χ1) is 10.5. The summed E-state index contributed by atoms with van der Waals surface area (Å²) in [5.41, 5.74) is 0.914. The van der Waals surface area contributed by atoms with E-state index in [0.29, 0.717) is 6.54 Å². The average Bonchev–Trinajstić information content (AvgIpc) is 3.21. The van der Waals surface area contributed by atoms with Crippen LogP contribution < -0.4 is 5.32 Å².